The number of alkyl halides is 3. The van der Waals surface area contributed by atoms with E-state index in [1.54, 1.807) is 38.1 Å². The van der Waals surface area contributed by atoms with E-state index in [2.05, 4.69) is 11.2 Å². The van der Waals surface area contributed by atoms with Crippen molar-refractivity contribution in [3.8, 4) is 5.75 Å². The highest BCUT2D eigenvalue weighted by Crippen LogP contribution is 2.36. The lowest BCUT2D eigenvalue weighted by atomic mass is 9.97. The predicted molar refractivity (Wildman–Crippen MR) is 132 cm³/mol. The molecule has 0 aliphatic carbocycles. The first-order valence-electron chi connectivity index (χ1n) is 11.4. The predicted octanol–water partition coefficient (Wildman–Crippen LogP) is 3.99. The summed E-state index contributed by atoms with van der Waals surface area (Å²) in [6, 6.07) is 7.84. The lowest BCUT2D eigenvalue weighted by Gasteiger charge is -2.52. The first kappa shape index (κ1) is 28.5. The summed E-state index contributed by atoms with van der Waals surface area (Å²) in [6.45, 7) is 2.98. The molecule has 2 radical (unpaired) electrons. The number of ether oxygens (including phenoxy) is 1. The summed E-state index contributed by atoms with van der Waals surface area (Å²) < 4.78 is 70.0. The van der Waals surface area contributed by atoms with Crippen molar-refractivity contribution in [2.45, 2.75) is 49.8 Å². The third kappa shape index (κ3) is 5.73. The van der Waals surface area contributed by atoms with Gasteiger partial charge < -0.3 is 14.5 Å². The van der Waals surface area contributed by atoms with Crippen LogP contribution < -0.4 is 4.74 Å². The van der Waals surface area contributed by atoms with Crippen LogP contribution in [0.3, 0.4) is 0 Å². The van der Waals surface area contributed by atoms with Gasteiger partial charge in [0.2, 0.25) is 21.8 Å². The van der Waals surface area contributed by atoms with E-state index in [0.29, 0.717) is 10.6 Å². The maximum atomic E-state index is 13.7. The minimum atomic E-state index is -4.99. The first-order chi connectivity index (χ1) is 17.7. The average molecular weight is 592 g/mol. The minimum absolute atomic E-state index is 0.0985. The fourth-order valence-corrected chi connectivity index (χ4v) is 6.59. The molecule has 0 saturated carbocycles. The van der Waals surface area contributed by atoms with Gasteiger partial charge in [-0.3, -0.25) is 9.59 Å². The van der Waals surface area contributed by atoms with Gasteiger partial charge in [-0.1, -0.05) is 35.3 Å². The van der Waals surface area contributed by atoms with Gasteiger partial charge in [0.05, 0.1) is 18.0 Å². The van der Waals surface area contributed by atoms with Gasteiger partial charge in [-0.05, 0) is 43.7 Å². The van der Waals surface area contributed by atoms with Crippen LogP contribution in [0, 0.1) is 6.42 Å². The zero-order valence-electron chi connectivity index (χ0n) is 20.1. The van der Waals surface area contributed by atoms with Crippen LogP contribution in [-0.4, -0.2) is 72.0 Å². The van der Waals surface area contributed by atoms with E-state index in [1.807, 2.05) is 0 Å². The Balaban J connectivity index is 1.72. The molecule has 38 heavy (non-hydrogen) atoms. The molecule has 2 fully saturated rings. The SMILES string of the molecule is CC(C)N1CC2N(C(=O)[C]CN2S(=O)(=O)c2ccc(OC(F)(F)F)cc2Cl)C(Cc2ccc(Cl)cc2)C1=O. The molecule has 0 bridgehead atoms. The highest BCUT2D eigenvalue weighted by atomic mass is 35.5. The molecular weight excluding hydrogens is 570 g/mol. The number of carbonyl (C=O) groups excluding carboxylic acids is 2. The topological polar surface area (TPSA) is 87.2 Å². The average Bonchev–Trinajstić information content (AvgIpc) is 2.80. The van der Waals surface area contributed by atoms with Gasteiger partial charge in [0.15, 0.2) is 0 Å². The van der Waals surface area contributed by atoms with Crippen molar-refractivity contribution < 1.29 is 35.9 Å². The van der Waals surface area contributed by atoms with Gasteiger partial charge in [0, 0.05) is 30.1 Å². The lowest BCUT2D eigenvalue weighted by Crippen LogP contribution is -2.72. The van der Waals surface area contributed by atoms with Crippen LogP contribution in [0.4, 0.5) is 13.2 Å². The summed E-state index contributed by atoms with van der Waals surface area (Å²) in [5, 5.41) is -0.0116. The van der Waals surface area contributed by atoms with Crippen molar-refractivity contribution in [3.05, 3.63) is 64.5 Å². The van der Waals surface area contributed by atoms with Crippen molar-refractivity contribution in [1.82, 2.24) is 14.1 Å². The second kappa shape index (κ2) is 10.6. The molecule has 2 heterocycles. The number of amides is 2. The Labute approximate surface area is 227 Å². The Morgan fingerprint density at radius 2 is 1.76 bits per heavy atom. The zero-order chi connectivity index (χ0) is 28.0. The standard InChI is InChI=1S/C24H22Cl2F3N3O5S/c1-14(2)30-13-21-31(38(35,36)20-8-7-17(12-18(20)26)37-24(27,28)29)10-9-22(33)32(21)19(23(30)34)11-15-3-5-16(25)6-4-15/h3-8,12,14,19,21H,10-11,13H2,1-2H3. The van der Waals surface area contributed by atoms with Crippen LogP contribution in [0.15, 0.2) is 47.4 Å². The van der Waals surface area contributed by atoms with E-state index >= 15 is 0 Å². The van der Waals surface area contributed by atoms with Crippen molar-refractivity contribution in [2.75, 3.05) is 13.1 Å². The molecule has 4 rings (SSSR count). The van der Waals surface area contributed by atoms with Crippen LogP contribution in [0.2, 0.25) is 10.0 Å². The van der Waals surface area contributed by atoms with Gasteiger partial charge in [-0.25, -0.2) is 8.42 Å². The molecule has 2 atom stereocenters. The fraction of sp³-hybridized carbons (Fsp3) is 0.375. The van der Waals surface area contributed by atoms with E-state index < -0.39 is 56.7 Å². The Hall–Kier alpha value is -2.54. The number of carbonyl (C=O) groups is 2. The Bertz CT molecular complexity index is 1340. The number of nitrogens with zero attached hydrogens (tertiary/aromatic N) is 3. The van der Waals surface area contributed by atoms with Crippen molar-refractivity contribution in [1.29, 1.82) is 0 Å². The van der Waals surface area contributed by atoms with E-state index in [4.69, 9.17) is 23.2 Å². The first-order valence-corrected chi connectivity index (χ1v) is 13.6. The normalized spacial score (nSPS) is 21.2. The molecule has 2 saturated heterocycles. The number of piperazine rings is 1. The molecule has 2 unspecified atom stereocenters. The third-order valence-corrected chi connectivity index (χ3v) is 8.81. The second-order valence-electron chi connectivity index (χ2n) is 8.99. The Morgan fingerprint density at radius 1 is 1.11 bits per heavy atom. The number of hydrogen-bond donors (Lipinski definition) is 0. The molecule has 0 N–H and O–H groups in total. The molecule has 2 aliphatic rings. The summed E-state index contributed by atoms with van der Waals surface area (Å²) in [7, 11) is -4.46. The summed E-state index contributed by atoms with van der Waals surface area (Å²) in [5.41, 5.74) is 0.702. The summed E-state index contributed by atoms with van der Waals surface area (Å²) in [6.07, 6.45) is -3.51. The third-order valence-electron chi connectivity index (χ3n) is 6.23. The summed E-state index contributed by atoms with van der Waals surface area (Å²) in [5.74, 6) is -1.67. The van der Waals surface area contributed by atoms with Gasteiger partial charge in [-0.15, -0.1) is 13.2 Å². The molecule has 204 valence electrons. The minimum Gasteiger partial charge on any atom is -0.406 e. The van der Waals surface area contributed by atoms with E-state index in [1.165, 1.54) is 9.80 Å². The van der Waals surface area contributed by atoms with Gasteiger partial charge in [0.1, 0.15) is 22.9 Å². The molecule has 2 aromatic carbocycles. The number of fused-ring (bicyclic) bond motifs is 1. The quantitative estimate of drug-likeness (QED) is 0.507. The Kier molecular flexibility index (Phi) is 7.91. The van der Waals surface area contributed by atoms with Gasteiger partial charge >= 0.3 is 6.36 Å². The zero-order valence-corrected chi connectivity index (χ0v) is 22.4. The highest BCUT2D eigenvalue weighted by Gasteiger charge is 2.51. The molecular formula is C24H22Cl2F3N3O5S. The molecule has 0 spiro atoms. The molecule has 2 amide bonds. The number of halogens is 5. The maximum Gasteiger partial charge on any atom is 0.573 e. The summed E-state index contributed by atoms with van der Waals surface area (Å²) in [4.78, 5) is 28.7. The largest absolute Gasteiger partial charge is 0.573 e. The Morgan fingerprint density at radius 3 is 2.34 bits per heavy atom. The lowest BCUT2D eigenvalue weighted by molar-refractivity contribution is -0.274. The van der Waals surface area contributed by atoms with Crippen LogP contribution in [0.25, 0.3) is 0 Å². The van der Waals surface area contributed by atoms with Crippen molar-refractivity contribution in [3.63, 3.8) is 0 Å². The fourth-order valence-electron chi connectivity index (χ4n) is 4.47. The summed E-state index contributed by atoms with van der Waals surface area (Å²) >= 11 is 12.1. The van der Waals surface area contributed by atoms with Crippen LogP contribution in [0.1, 0.15) is 19.4 Å². The van der Waals surface area contributed by atoms with Crippen molar-refractivity contribution in [2.24, 2.45) is 0 Å². The van der Waals surface area contributed by atoms with E-state index in [-0.39, 0.29) is 24.9 Å². The monoisotopic (exact) mass is 591 g/mol. The van der Waals surface area contributed by atoms with Crippen LogP contribution >= 0.6 is 23.2 Å². The molecule has 0 aromatic heterocycles. The van der Waals surface area contributed by atoms with E-state index in [9.17, 15) is 31.2 Å². The smallest absolute Gasteiger partial charge is 0.406 e. The van der Waals surface area contributed by atoms with Crippen LogP contribution in [0.5, 0.6) is 5.75 Å². The highest BCUT2D eigenvalue weighted by molar-refractivity contribution is 7.89. The molecule has 2 aliphatic heterocycles. The van der Waals surface area contributed by atoms with E-state index in [0.717, 1.165) is 22.5 Å². The maximum absolute atomic E-state index is 13.7. The molecule has 8 nitrogen and oxygen atoms in total. The van der Waals surface area contributed by atoms with Gasteiger partial charge in [-0.2, -0.15) is 4.31 Å². The molecule has 14 heteroatoms. The van der Waals surface area contributed by atoms with Gasteiger partial charge in [0.25, 0.3) is 0 Å². The number of hydrogen-bond acceptors (Lipinski definition) is 5. The number of rotatable bonds is 6. The molecule has 2 aromatic rings. The number of benzene rings is 2. The van der Waals surface area contributed by atoms with Crippen LogP contribution in [-0.2, 0) is 26.0 Å². The number of sulfonamides is 1. The van der Waals surface area contributed by atoms with Crippen molar-refractivity contribution >= 4 is 45.0 Å². The second-order valence-corrected chi connectivity index (χ2v) is 11.7.